The number of ether oxygens (including phenoxy) is 1. The average molecular weight is 586 g/mol. The van der Waals surface area contributed by atoms with Gasteiger partial charge in [0.15, 0.2) is 0 Å². The summed E-state index contributed by atoms with van der Waals surface area (Å²) < 4.78 is 4.92. The van der Waals surface area contributed by atoms with Gasteiger partial charge in [-0.3, -0.25) is 14.4 Å². The fraction of sp³-hybridized carbons (Fsp3) is 0.741. The molecule has 2 bridgehead atoms. The first-order valence-electron chi connectivity index (χ1n) is 12.9. The number of fused-ring (bicyclic) bond motifs is 1. The second-order valence-electron chi connectivity index (χ2n) is 11.0. The van der Waals surface area contributed by atoms with Crippen molar-refractivity contribution in [1.82, 2.24) is 9.80 Å². The number of unbranched alkanes of at least 4 members (excludes halogenated alkanes) is 2. The molecule has 0 aromatic rings. The monoisotopic (exact) mass is 584 g/mol. The lowest BCUT2D eigenvalue weighted by atomic mass is 9.71. The number of hydrogen-bond acceptors (Lipinski definition) is 6. The highest BCUT2D eigenvalue weighted by atomic mass is 79.9. The average Bonchev–Trinajstić information content (AvgIpc) is 3.41. The van der Waals surface area contributed by atoms with E-state index in [4.69, 9.17) is 4.74 Å². The molecule has 3 aliphatic heterocycles. The van der Waals surface area contributed by atoms with Crippen LogP contribution in [0.4, 0.5) is 0 Å². The molecule has 7 nitrogen and oxygen atoms in total. The van der Waals surface area contributed by atoms with Gasteiger partial charge in [-0.1, -0.05) is 35.0 Å². The number of allylic oxidation sites excluding steroid dienone is 1. The summed E-state index contributed by atoms with van der Waals surface area (Å²) in [5.74, 6) is -2.01. The van der Waals surface area contributed by atoms with Gasteiger partial charge in [-0.2, -0.15) is 0 Å². The van der Waals surface area contributed by atoms with Crippen molar-refractivity contribution in [2.75, 3.05) is 19.8 Å². The third-order valence-corrected chi connectivity index (χ3v) is 11.0. The minimum Gasteiger partial charge on any atom is -0.465 e. The number of carbonyl (C=O) groups excluding carboxylic acids is 3. The molecule has 1 N–H and O–H groups in total. The van der Waals surface area contributed by atoms with Crippen LogP contribution in [0.1, 0.15) is 59.8 Å². The van der Waals surface area contributed by atoms with Crippen LogP contribution in [0.3, 0.4) is 0 Å². The van der Waals surface area contributed by atoms with Gasteiger partial charge in [-0.25, -0.2) is 0 Å². The lowest BCUT2D eigenvalue weighted by Gasteiger charge is -2.43. The van der Waals surface area contributed by atoms with Gasteiger partial charge >= 0.3 is 5.97 Å². The normalized spacial score (nSPS) is 31.8. The van der Waals surface area contributed by atoms with E-state index in [1.165, 1.54) is 0 Å². The minimum atomic E-state index is -0.772. The van der Waals surface area contributed by atoms with Crippen LogP contribution >= 0.6 is 27.7 Å². The van der Waals surface area contributed by atoms with Gasteiger partial charge in [0.1, 0.15) is 6.04 Å². The zero-order valence-corrected chi connectivity index (χ0v) is 24.4. The molecule has 3 fully saturated rings. The summed E-state index contributed by atoms with van der Waals surface area (Å²) in [7, 11) is 0. The number of alkyl halides is 1. The number of rotatable bonds is 12. The molecule has 3 rings (SSSR count). The summed E-state index contributed by atoms with van der Waals surface area (Å²) in [4.78, 5) is 45.1. The molecular formula is C27H41BrN2O5S. The zero-order chi connectivity index (χ0) is 26.8. The van der Waals surface area contributed by atoms with Crippen molar-refractivity contribution in [3.63, 3.8) is 0 Å². The van der Waals surface area contributed by atoms with Gasteiger partial charge in [0.2, 0.25) is 11.8 Å². The summed E-state index contributed by atoms with van der Waals surface area (Å²) in [5, 5.41) is 10.1. The molecule has 0 aliphatic carbocycles. The molecule has 202 valence electrons. The third-order valence-electron chi connectivity index (χ3n) is 7.74. The highest BCUT2D eigenvalue weighted by Crippen LogP contribution is 2.68. The Balaban J connectivity index is 2.01. The predicted molar refractivity (Wildman–Crippen MR) is 147 cm³/mol. The number of thioether (sulfide) groups is 1. The smallest absolute Gasteiger partial charge is 0.310 e. The van der Waals surface area contributed by atoms with Crippen molar-refractivity contribution in [2.45, 2.75) is 92.2 Å². The Labute approximate surface area is 228 Å². The molecule has 1 spiro atoms. The fourth-order valence-corrected chi connectivity index (χ4v) is 9.64. The molecule has 3 unspecified atom stereocenters. The zero-order valence-electron chi connectivity index (χ0n) is 22.0. The number of aliphatic hydroxyl groups excluding tert-OH is 1. The first-order valence-corrected chi connectivity index (χ1v) is 14.7. The van der Waals surface area contributed by atoms with Crippen LogP contribution in [0, 0.1) is 11.8 Å². The Hall–Kier alpha value is -1.32. The Kier molecular flexibility index (Phi) is 9.42. The van der Waals surface area contributed by atoms with Crippen LogP contribution < -0.4 is 0 Å². The highest BCUT2D eigenvalue weighted by molar-refractivity contribution is 9.09. The lowest BCUT2D eigenvalue weighted by Crippen LogP contribution is -2.60. The summed E-state index contributed by atoms with van der Waals surface area (Å²) in [6, 6.07) is -1.27. The van der Waals surface area contributed by atoms with Crippen LogP contribution in [0.15, 0.2) is 25.3 Å². The van der Waals surface area contributed by atoms with E-state index in [0.29, 0.717) is 26.0 Å². The summed E-state index contributed by atoms with van der Waals surface area (Å²) in [6.07, 6.45) is 7.13. The standard InChI is InChI=1S/C27H41BrN2O5S/c1-7-10-11-12-14-35-25(34)19-20-23(32)30(17(9-3)16-31)22(27(20)15-18(28)21(19)36-27)24(33)29(13-8-2)26(4,5)6/h7-8,17-22,31H,1-2,9-16H2,3-6H3/t17-,18?,19-,20-,21-,22?,27?/m0/s1. The van der Waals surface area contributed by atoms with Crippen molar-refractivity contribution in [2.24, 2.45) is 11.8 Å². The fourth-order valence-electron chi connectivity index (χ4n) is 6.05. The quantitative estimate of drug-likeness (QED) is 0.162. The van der Waals surface area contributed by atoms with E-state index < -0.39 is 34.2 Å². The maximum atomic E-state index is 14.3. The van der Waals surface area contributed by atoms with Crippen molar-refractivity contribution in [3.05, 3.63) is 25.3 Å². The van der Waals surface area contributed by atoms with E-state index in [9.17, 15) is 19.5 Å². The lowest BCUT2D eigenvalue weighted by molar-refractivity contribution is -0.154. The SMILES string of the molecule is C=CCCCCOC(=O)[C@H]1[C@H]2C(=O)N([C@@H](CC)CO)C(C(=O)N(CC=C)C(C)(C)C)C23CC(Br)[C@@H]1S3. The molecule has 7 atom stereocenters. The third kappa shape index (κ3) is 5.04. The molecule has 36 heavy (non-hydrogen) atoms. The van der Waals surface area contributed by atoms with Crippen LogP contribution in [-0.2, 0) is 19.1 Å². The molecule has 0 radical (unpaired) electrons. The van der Waals surface area contributed by atoms with Crippen molar-refractivity contribution < 1.29 is 24.2 Å². The highest BCUT2D eigenvalue weighted by Gasteiger charge is 2.76. The van der Waals surface area contributed by atoms with E-state index >= 15 is 0 Å². The van der Waals surface area contributed by atoms with Crippen LogP contribution in [-0.4, -0.2) is 84.9 Å². The number of hydrogen-bond donors (Lipinski definition) is 1. The topological polar surface area (TPSA) is 87.1 Å². The number of halogens is 1. The molecule has 3 saturated heterocycles. The van der Waals surface area contributed by atoms with Crippen molar-refractivity contribution in [1.29, 1.82) is 0 Å². The van der Waals surface area contributed by atoms with Crippen molar-refractivity contribution in [3.8, 4) is 0 Å². The maximum Gasteiger partial charge on any atom is 0.310 e. The van der Waals surface area contributed by atoms with Gasteiger partial charge in [-0.05, 0) is 52.9 Å². The van der Waals surface area contributed by atoms with Gasteiger partial charge in [-0.15, -0.1) is 24.9 Å². The van der Waals surface area contributed by atoms with E-state index in [-0.39, 0.29) is 34.5 Å². The van der Waals surface area contributed by atoms with Crippen molar-refractivity contribution >= 4 is 45.5 Å². The Morgan fingerprint density at radius 2 is 2.03 bits per heavy atom. The minimum absolute atomic E-state index is 0.0168. The molecule has 9 heteroatoms. The summed E-state index contributed by atoms with van der Waals surface area (Å²) in [6.45, 7) is 15.8. The number of likely N-dealkylation sites (tertiary alicyclic amines) is 1. The van der Waals surface area contributed by atoms with Crippen LogP contribution in [0.2, 0.25) is 0 Å². The number of carbonyl (C=O) groups is 3. The summed E-state index contributed by atoms with van der Waals surface area (Å²) >= 11 is 5.36. The first-order chi connectivity index (χ1) is 17.0. The Morgan fingerprint density at radius 3 is 2.58 bits per heavy atom. The molecule has 3 aliphatic rings. The molecule has 0 aromatic carbocycles. The second-order valence-corrected chi connectivity index (χ2v) is 13.7. The van der Waals surface area contributed by atoms with E-state index in [1.54, 1.807) is 27.6 Å². The number of amides is 2. The maximum absolute atomic E-state index is 14.3. The van der Waals surface area contributed by atoms with Gasteiger partial charge < -0.3 is 19.6 Å². The molecule has 0 aromatic heterocycles. The van der Waals surface area contributed by atoms with Gasteiger partial charge in [0, 0.05) is 22.2 Å². The van der Waals surface area contributed by atoms with Crippen LogP contribution in [0.5, 0.6) is 0 Å². The number of aliphatic hydroxyl groups is 1. The molecule has 2 amide bonds. The van der Waals surface area contributed by atoms with Gasteiger partial charge in [0.25, 0.3) is 0 Å². The first kappa shape index (κ1) is 29.2. The molecule has 3 heterocycles. The largest absolute Gasteiger partial charge is 0.465 e. The van der Waals surface area contributed by atoms with E-state index in [0.717, 1.165) is 19.3 Å². The molecular weight excluding hydrogens is 544 g/mol. The Bertz CT molecular complexity index is 873. The second kappa shape index (κ2) is 11.6. The number of esters is 1. The van der Waals surface area contributed by atoms with E-state index in [1.807, 2.05) is 33.8 Å². The Morgan fingerprint density at radius 1 is 1.33 bits per heavy atom. The summed E-state index contributed by atoms with van der Waals surface area (Å²) in [5.41, 5.74) is -0.492. The van der Waals surface area contributed by atoms with Crippen LogP contribution in [0.25, 0.3) is 0 Å². The van der Waals surface area contributed by atoms with E-state index in [2.05, 4.69) is 29.1 Å². The number of nitrogens with zero attached hydrogens (tertiary/aromatic N) is 2. The van der Waals surface area contributed by atoms with Gasteiger partial charge in [0.05, 0.1) is 35.8 Å². The predicted octanol–water partition coefficient (Wildman–Crippen LogP) is 3.93. The molecule has 0 saturated carbocycles.